The first-order chi connectivity index (χ1) is 8.11. The predicted molar refractivity (Wildman–Crippen MR) is 64.5 cm³/mol. The summed E-state index contributed by atoms with van der Waals surface area (Å²) >= 11 is 1.46. The number of nitro benzene ring substituents is 1. The fourth-order valence-corrected chi connectivity index (χ4v) is 1.80. The van der Waals surface area contributed by atoms with E-state index in [1.165, 1.54) is 23.9 Å². The van der Waals surface area contributed by atoms with Crippen LogP contribution in [0.2, 0.25) is 0 Å². The Morgan fingerprint density at radius 3 is 2.47 bits per heavy atom. The van der Waals surface area contributed by atoms with Gasteiger partial charge in [-0.15, -0.1) is 5.10 Å². The van der Waals surface area contributed by atoms with Crippen molar-refractivity contribution >= 4 is 17.4 Å². The van der Waals surface area contributed by atoms with Crippen LogP contribution < -0.4 is 0 Å². The molecule has 0 amide bonds. The molecule has 0 radical (unpaired) electrons. The van der Waals surface area contributed by atoms with Crippen LogP contribution in [0, 0.1) is 17.0 Å². The van der Waals surface area contributed by atoms with E-state index in [1.54, 1.807) is 16.8 Å². The number of nitro groups is 1. The summed E-state index contributed by atoms with van der Waals surface area (Å²) in [5, 5.41) is 15.5. The fraction of sp³-hybridized carbons (Fsp3) is 0.200. The van der Waals surface area contributed by atoms with Gasteiger partial charge in [-0.25, -0.2) is 9.67 Å². The van der Waals surface area contributed by atoms with Gasteiger partial charge in [-0.3, -0.25) is 10.1 Å². The number of nitrogens with zero attached hydrogens (tertiary/aromatic N) is 4. The molecule has 1 aromatic carbocycles. The molecule has 0 spiro atoms. The third kappa shape index (κ3) is 2.28. The molecule has 0 bridgehead atoms. The largest absolute Gasteiger partial charge is 0.269 e. The Hall–Kier alpha value is -1.89. The molecule has 88 valence electrons. The number of non-ortho nitro benzene ring substituents is 1. The first kappa shape index (κ1) is 11.6. The van der Waals surface area contributed by atoms with E-state index in [9.17, 15) is 10.1 Å². The Morgan fingerprint density at radius 2 is 2.00 bits per heavy atom. The summed E-state index contributed by atoms with van der Waals surface area (Å²) in [4.78, 5) is 14.4. The molecule has 0 fully saturated rings. The van der Waals surface area contributed by atoms with Crippen LogP contribution in [0.4, 0.5) is 5.69 Å². The quantitative estimate of drug-likeness (QED) is 0.474. The molecular weight excluding hydrogens is 240 g/mol. The molecule has 0 saturated heterocycles. The van der Waals surface area contributed by atoms with Crippen LogP contribution in [0.3, 0.4) is 0 Å². The zero-order valence-corrected chi connectivity index (χ0v) is 10.1. The first-order valence-electron chi connectivity index (χ1n) is 4.84. The van der Waals surface area contributed by atoms with Gasteiger partial charge in [-0.05, 0) is 25.3 Å². The van der Waals surface area contributed by atoms with Crippen molar-refractivity contribution in [1.29, 1.82) is 0 Å². The predicted octanol–water partition coefficient (Wildman–Crippen LogP) is 2.21. The average Bonchev–Trinajstić information content (AvgIpc) is 2.71. The molecule has 2 aromatic rings. The molecule has 1 aromatic heterocycles. The fourth-order valence-electron chi connectivity index (χ4n) is 1.41. The van der Waals surface area contributed by atoms with Crippen LogP contribution in [0.5, 0.6) is 0 Å². The van der Waals surface area contributed by atoms with Gasteiger partial charge >= 0.3 is 0 Å². The van der Waals surface area contributed by atoms with E-state index in [4.69, 9.17) is 0 Å². The molecule has 0 unspecified atom stereocenters. The molecule has 0 aliphatic carbocycles. The normalized spacial score (nSPS) is 10.5. The summed E-state index contributed by atoms with van der Waals surface area (Å²) in [5.41, 5.74) is 0.831. The van der Waals surface area contributed by atoms with Crippen LogP contribution in [-0.4, -0.2) is 25.9 Å². The standard InChI is InChI=1S/C10H10N4O2S/c1-7-11-10(17-2)12-13(7)8-3-5-9(6-4-8)14(15)16/h3-6H,1-2H3. The summed E-state index contributed by atoms with van der Waals surface area (Å²) < 4.78 is 1.66. The zero-order chi connectivity index (χ0) is 12.4. The van der Waals surface area contributed by atoms with E-state index < -0.39 is 4.92 Å². The van der Waals surface area contributed by atoms with Crippen LogP contribution in [0.25, 0.3) is 5.69 Å². The Kier molecular flexibility index (Phi) is 3.10. The topological polar surface area (TPSA) is 73.8 Å². The van der Waals surface area contributed by atoms with Gasteiger partial charge in [0, 0.05) is 12.1 Å². The molecule has 1 heterocycles. The minimum Gasteiger partial charge on any atom is -0.258 e. The van der Waals surface area contributed by atoms with Crippen LogP contribution >= 0.6 is 11.8 Å². The van der Waals surface area contributed by atoms with E-state index in [2.05, 4.69) is 10.1 Å². The van der Waals surface area contributed by atoms with Crippen LogP contribution in [0.1, 0.15) is 5.82 Å². The van der Waals surface area contributed by atoms with Gasteiger partial charge in [-0.1, -0.05) is 11.8 Å². The maximum absolute atomic E-state index is 10.5. The number of aryl methyl sites for hydroxylation is 1. The monoisotopic (exact) mass is 250 g/mol. The molecule has 0 aliphatic rings. The van der Waals surface area contributed by atoms with Gasteiger partial charge in [0.25, 0.3) is 5.69 Å². The van der Waals surface area contributed by atoms with Crippen LogP contribution in [0.15, 0.2) is 29.4 Å². The van der Waals surface area contributed by atoms with Gasteiger partial charge < -0.3 is 0 Å². The lowest BCUT2D eigenvalue weighted by Gasteiger charge is -2.01. The number of hydrogen-bond donors (Lipinski definition) is 0. The minimum absolute atomic E-state index is 0.0663. The van der Waals surface area contributed by atoms with Gasteiger partial charge in [-0.2, -0.15) is 0 Å². The molecule has 0 aliphatic heterocycles. The SMILES string of the molecule is CSc1nc(C)n(-c2ccc([N+](=O)[O-])cc2)n1. The second-order valence-corrected chi connectivity index (χ2v) is 4.10. The van der Waals surface area contributed by atoms with Crippen molar-refractivity contribution in [3.8, 4) is 5.69 Å². The Labute approximate surface area is 102 Å². The number of benzene rings is 1. The molecule has 0 atom stereocenters. The van der Waals surface area contributed by atoms with Crippen molar-refractivity contribution < 1.29 is 4.92 Å². The summed E-state index contributed by atoms with van der Waals surface area (Å²) in [6.07, 6.45) is 1.90. The molecule has 0 N–H and O–H groups in total. The Balaban J connectivity index is 2.39. The third-order valence-electron chi connectivity index (χ3n) is 2.24. The molecular formula is C10H10N4O2S. The molecule has 17 heavy (non-hydrogen) atoms. The lowest BCUT2D eigenvalue weighted by Crippen LogP contribution is -1.99. The second-order valence-electron chi connectivity index (χ2n) is 3.33. The maximum Gasteiger partial charge on any atom is 0.269 e. The summed E-state index contributed by atoms with van der Waals surface area (Å²) in [6, 6.07) is 6.22. The molecule has 2 rings (SSSR count). The van der Waals surface area contributed by atoms with Crippen molar-refractivity contribution in [1.82, 2.24) is 14.8 Å². The highest BCUT2D eigenvalue weighted by Gasteiger charge is 2.09. The summed E-state index contributed by atoms with van der Waals surface area (Å²) in [7, 11) is 0. The van der Waals surface area contributed by atoms with Crippen molar-refractivity contribution in [2.75, 3.05) is 6.26 Å². The van der Waals surface area contributed by atoms with Crippen molar-refractivity contribution in [2.24, 2.45) is 0 Å². The average molecular weight is 250 g/mol. The minimum atomic E-state index is -0.425. The molecule has 6 nitrogen and oxygen atoms in total. The maximum atomic E-state index is 10.5. The Bertz CT molecular complexity index is 550. The van der Waals surface area contributed by atoms with Crippen molar-refractivity contribution in [3.05, 3.63) is 40.2 Å². The van der Waals surface area contributed by atoms with E-state index in [1.807, 2.05) is 13.2 Å². The smallest absolute Gasteiger partial charge is 0.258 e. The first-order valence-corrected chi connectivity index (χ1v) is 6.07. The highest BCUT2D eigenvalue weighted by Crippen LogP contribution is 2.17. The van der Waals surface area contributed by atoms with Gasteiger partial charge in [0.15, 0.2) is 0 Å². The highest BCUT2D eigenvalue weighted by atomic mass is 32.2. The van der Waals surface area contributed by atoms with Crippen LogP contribution in [-0.2, 0) is 0 Å². The van der Waals surface area contributed by atoms with Gasteiger partial charge in [0.05, 0.1) is 10.6 Å². The van der Waals surface area contributed by atoms with E-state index in [0.29, 0.717) is 5.16 Å². The number of aromatic nitrogens is 3. The summed E-state index contributed by atoms with van der Waals surface area (Å²) in [5.74, 6) is 0.753. The van der Waals surface area contributed by atoms with E-state index in [0.717, 1.165) is 11.5 Å². The van der Waals surface area contributed by atoms with E-state index >= 15 is 0 Å². The molecule has 7 heteroatoms. The number of hydrogen-bond acceptors (Lipinski definition) is 5. The third-order valence-corrected chi connectivity index (χ3v) is 2.78. The van der Waals surface area contributed by atoms with Crippen molar-refractivity contribution in [2.45, 2.75) is 12.1 Å². The van der Waals surface area contributed by atoms with Gasteiger partial charge in [0.2, 0.25) is 5.16 Å². The zero-order valence-electron chi connectivity index (χ0n) is 9.32. The molecule has 0 saturated carbocycles. The lowest BCUT2D eigenvalue weighted by atomic mass is 10.3. The van der Waals surface area contributed by atoms with Gasteiger partial charge in [0.1, 0.15) is 5.82 Å². The van der Waals surface area contributed by atoms with Crippen molar-refractivity contribution in [3.63, 3.8) is 0 Å². The number of thioether (sulfide) groups is 1. The Morgan fingerprint density at radius 1 is 1.35 bits per heavy atom. The summed E-state index contributed by atoms with van der Waals surface area (Å²) in [6.45, 7) is 1.84. The highest BCUT2D eigenvalue weighted by molar-refractivity contribution is 7.98. The number of rotatable bonds is 3. The second kappa shape index (κ2) is 4.54. The lowest BCUT2D eigenvalue weighted by molar-refractivity contribution is -0.384. The van der Waals surface area contributed by atoms with E-state index in [-0.39, 0.29) is 5.69 Å².